The summed E-state index contributed by atoms with van der Waals surface area (Å²) in [6.45, 7) is 9.01. The summed E-state index contributed by atoms with van der Waals surface area (Å²) < 4.78 is 4.09. The van der Waals surface area contributed by atoms with Gasteiger partial charge in [0, 0.05) is 20.0 Å². The molecule has 1 aromatic rings. The largest absolute Gasteiger partial charge is 0.480 e. The van der Waals surface area contributed by atoms with E-state index >= 15 is 0 Å². The van der Waals surface area contributed by atoms with Crippen LogP contribution in [0.5, 0.6) is 0 Å². The first-order chi connectivity index (χ1) is 11.8. The molecule has 2 fully saturated rings. The summed E-state index contributed by atoms with van der Waals surface area (Å²) in [5.41, 5.74) is 1.04. The maximum atomic E-state index is 11.8. The summed E-state index contributed by atoms with van der Waals surface area (Å²) in [6.07, 6.45) is 2.45. The number of nitrogens with zero attached hydrogens (tertiary/aromatic N) is 4. The number of aromatic nitrogens is 2. The van der Waals surface area contributed by atoms with Gasteiger partial charge < -0.3 is 10.0 Å². The lowest BCUT2D eigenvalue weighted by Crippen LogP contribution is -2.42. The van der Waals surface area contributed by atoms with Gasteiger partial charge in [-0.15, -0.1) is 5.10 Å². The lowest BCUT2D eigenvalue weighted by molar-refractivity contribution is -0.147. The first-order valence-electron chi connectivity index (χ1n) is 8.85. The number of piperidine rings is 1. The molecule has 0 radical (unpaired) electrons. The van der Waals surface area contributed by atoms with Gasteiger partial charge in [0.1, 0.15) is 6.04 Å². The van der Waals surface area contributed by atoms with Gasteiger partial charge in [-0.25, -0.2) is 4.79 Å². The lowest BCUT2D eigenvalue weighted by Gasteiger charge is -2.39. The van der Waals surface area contributed by atoms with Gasteiger partial charge in [-0.05, 0) is 55.2 Å². The number of carboxylic acid groups (broad SMARTS) is 1. The van der Waals surface area contributed by atoms with E-state index < -0.39 is 12.0 Å². The molecule has 7 nitrogen and oxygen atoms in total. The third-order valence-electron chi connectivity index (χ3n) is 5.61. The number of carbonyl (C=O) groups excluding carboxylic acids is 1. The van der Waals surface area contributed by atoms with Gasteiger partial charge in [-0.3, -0.25) is 9.69 Å². The van der Waals surface area contributed by atoms with E-state index in [0.29, 0.717) is 18.9 Å². The van der Waals surface area contributed by atoms with E-state index in [1.165, 1.54) is 23.3 Å². The SMILES string of the molecule is CC(=O)N1CC2(CCN(Cc3snnc3C(C)C)CC2)C[C@H]1C(=O)O. The first-order valence-corrected chi connectivity index (χ1v) is 9.62. The molecule has 0 saturated carbocycles. The van der Waals surface area contributed by atoms with E-state index in [4.69, 9.17) is 0 Å². The molecular formula is C17H26N4O3S. The third-order valence-corrected chi connectivity index (χ3v) is 6.34. The Bertz CT molecular complexity index is 628. The molecular weight excluding hydrogens is 340 g/mol. The van der Waals surface area contributed by atoms with Crippen molar-refractivity contribution in [1.29, 1.82) is 0 Å². The second-order valence-corrected chi connectivity index (χ2v) is 8.56. The van der Waals surface area contributed by atoms with Crippen LogP contribution in [0, 0.1) is 5.41 Å². The predicted molar refractivity (Wildman–Crippen MR) is 94.4 cm³/mol. The number of carboxylic acids is 1. The van der Waals surface area contributed by atoms with E-state index in [1.807, 2.05) is 0 Å². The van der Waals surface area contributed by atoms with Gasteiger partial charge in [0.15, 0.2) is 0 Å². The van der Waals surface area contributed by atoms with E-state index in [1.54, 1.807) is 4.90 Å². The molecule has 25 heavy (non-hydrogen) atoms. The number of aliphatic carboxylic acids is 1. The van der Waals surface area contributed by atoms with Crippen molar-refractivity contribution in [1.82, 2.24) is 19.4 Å². The lowest BCUT2D eigenvalue weighted by atomic mass is 9.76. The Balaban J connectivity index is 1.63. The molecule has 1 atom stereocenters. The Morgan fingerprint density at radius 2 is 2.04 bits per heavy atom. The number of carbonyl (C=O) groups is 2. The number of likely N-dealkylation sites (tertiary alicyclic amines) is 2. The van der Waals surface area contributed by atoms with Gasteiger partial charge in [0.25, 0.3) is 0 Å². The minimum atomic E-state index is -0.883. The monoisotopic (exact) mass is 366 g/mol. The minimum absolute atomic E-state index is 0.0436. The summed E-state index contributed by atoms with van der Waals surface area (Å²) in [5.74, 6) is -0.643. The molecule has 3 rings (SSSR count). The molecule has 3 heterocycles. The number of rotatable bonds is 4. The number of amides is 1. The van der Waals surface area contributed by atoms with Gasteiger partial charge in [0.2, 0.25) is 5.91 Å². The highest BCUT2D eigenvalue weighted by atomic mass is 32.1. The zero-order chi connectivity index (χ0) is 18.2. The Hall–Kier alpha value is -1.54. The smallest absolute Gasteiger partial charge is 0.326 e. The van der Waals surface area contributed by atoms with E-state index in [2.05, 4.69) is 28.3 Å². The molecule has 0 aliphatic carbocycles. The summed E-state index contributed by atoms with van der Waals surface area (Å²) >= 11 is 1.47. The van der Waals surface area contributed by atoms with Gasteiger partial charge in [-0.1, -0.05) is 18.3 Å². The summed E-state index contributed by atoms with van der Waals surface area (Å²) in [5, 5.41) is 13.7. The average Bonchev–Trinajstić information content (AvgIpc) is 3.15. The molecule has 1 spiro atoms. The molecule has 1 N–H and O–H groups in total. The molecule has 2 saturated heterocycles. The van der Waals surface area contributed by atoms with Gasteiger partial charge >= 0.3 is 5.97 Å². The zero-order valence-electron chi connectivity index (χ0n) is 15.1. The number of hydrogen-bond acceptors (Lipinski definition) is 6. The van der Waals surface area contributed by atoms with Crippen LogP contribution in [0.4, 0.5) is 0 Å². The fourth-order valence-corrected chi connectivity index (χ4v) is 4.96. The molecule has 2 aliphatic heterocycles. The van der Waals surface area contributed by atoms with Crippen molar-refractivity contribution in [3.05, 3.63) is 10.6 Å². The van der Waals surface area contributed by atoms with Crippen molar-refractivity contribution in [3.8, 4) is 0 Å². The van der Waals surface area contributed by atoms with Crippen molar-refractivity contribution in [2.45, 2.75) is 58.5 Å². The number of hydrogen-bond donors (Lipinski definition) is 1. The highest BCUT2D eigenvalue weighted by Gasteiger charge is 2.49. The highest BCUT2D eigenvalue weighted by Crippen LogP contribution is 2.43. The zero-order valence-corrected chi connectivity index (χ0v) is 15.9. The highest BCUT2D eigenvalue weighted by molar-refractivity contribution is 7.05. The second kappa shape index (κ2) is 6.99. The predicted octanol–water partition coefficient (Wildman–Crippen LogP) is 1.95. The van der Waals surface area contributed by atoms with Crippen LogP contribution in [-0.2, 0) is 16.1 Å². The maximum absolute atomic E-state index is 11.8. The standard InChI is InChI=1S/C17H26N4O3S/c1-11(2)15-14(25-19-18-15)9-20-6-4-17(5-7-20)8-13(16(23)24)21(10-17)12(3)22/h11,13H,4-10H2,1-3H3,(H,23,24)/t13-/m0/s1. The van der Waals surface area contributed by atoms with Crippen molar-refractivity contribution >= 4 is 23.4 Å². The quantitative estimate of drug-likeness (QED) is 0.876. The topological polar surface area (TPSA) is 86.6 Å². The van der Waals surface area contributed by atoms with Crippen molar-refractivity contribution in [2.75, 3.05) is 19.6 Å². The van der Waals surface area contributed by atoms with Crippen LogP contribution in [0.25, 0.3) is 0 Å². The molecule has 8 heteroatoms. The summed E-state index contributed by atoms with van der Waals surface area (Å²) in [4.78, 5) is 28.5. The normalized spacial score (nSPS) is 23.5. The molecule has 1 aromatic heterocycles. The van der Waals surface area contributed by atoms with Crippen LogP contribution in [-0.4, -0.2) is 62.0 Å². The van der Waals surface area contributed by atoms with Crippen molar-refractivity contribution < 1.29 is 14.7 Å². The molecule has 2 aliphatic rings. The molecule has 0 unspecified atom stereocenters. The van der Waals surface area contributed by atoms with Crippen LogP contribution >= 0.6 is 11.5 Å². The van der Waals surface area contributed by atoms with Crippen LogP contribution in [0.2, 0.25) is 0 Å². The fourth-order valence-electron chi connectivity index (χ4n) is 4.12. The Labute approximate surface area is 152 Å². The fraction of sp³-hybridized carbons (Fsp3) is 0.765. The Kier molecular flexibility index (Phi) is 5.11. The second-order valence-electron chi connectivity index (χ2n) is 7.72. The van der Waals surface area contributed by atoms with Crippen LogP contribution in [0.15, 0.2) is 0 Å². The Morgan fingerprint density at radius 1 is 1.36 bits per heavy atom. The molecule has 1 amide bonds. The minimum Gasteiger partial charge on any atom is -0.480 e. The van der Waals surface area contributed by atoms with Gasteiger partial charge in [0.05, 0.1) is 10.6 Å². The molecule has 0 bridgehead atoms. The summed E-state index contributed by atoms with van der Waals surface area (Å²) in [7, 11) is 0. The molecule has 0 aromatic carbocycles. The van der Waals surface area contributed by atoms with Crippen LogP contribution in [0.1, 0.15) is 56.5 Å². The van der Waals surface area contributed by atoms with Gasteiger partial charge in [-0.2, -0.15) is 0 Å². The van der Waals surface area contributed by atoms with Crippen LogP contribution in [0.3, 0.4) is 0 Å². The van der Waals surface area contributed by atoms with Crippen molar-refractivity contribution in [3.63, 3.8) is 0 Å². The van der Waals surface area contributed by atoms with E-state index in [-0.39, 0.29) is 11.3 Å². The van der Waals surface area contributed by atoms with Crippen molar-refractivity contribution in [2.24, 2.45) is 5.41 Å². The molecule has 138 valence electrons. The van der Waals surface area contributed by atoms with E-state index in [0.717, 1.165) is 38.2 Å². The van der Waals surface area contributed by atoms with Crippen LogP contribution < -0.4 is 0 Å². The summed E-state index contributed by atoms with van der Waals surface area (Å²) in [6, 6.07) is -0.665. The average molecular weight is 366 g/mol. The maximum Gasteiger partial charge on any atom is 0.326 e. The Morgan fingerprint density at radius 3 is 2.56 bits per heavy atom. The van der Waals surface area contributed by atoms with E-state index in [9.17, 15) is 14.7 Å². The first kappa shape index (κ1) is 18.3. The third kappa shape index (κ3) is 3.69.